The van der Waals surface area contributed by atoms with Gasteiger partial charge in [-0.05, 0) is 50.3 Å². The SMILES string of the molecule is Cc1ccc(C(CN)NCC2(C)CCCO2)cc1C. The zero-order valence-electron chi connectivity index (χ0n) is 12.3. The number of aryl methyl sites for hydroxylation is 2. The van der Waals surface area contributed by atoms with Crippen LogP contribution in [0.25, 0.3) is 0 Å². The van der Waals surface area contributed by atoms with Gasteiger partial charge in [-0.25, -0.2) is 0 Å². The van der Waals surface area contributed by atoms with Gasteiger partial charge < -0.3 is 15.8 Å². The number of hydrogen-bond donors (Lipinski definition) is 2. The molecule has 1 saturated heterocycles. The molecule has 1 aromatic rings. The number of ether oxygens (including phenoxy) is 1. The summed E-state index contributed by atoms with van der Waals surface area (Å²) >= 11 is 0. The van der Waals surface area contributed by atoms with E-state index in [9.17, 15) is 0 Å². The van der Waals surface area contributed by atoms with E-state index in [4.69, 9.17) is 10.5 Å². The minimum atomic E-state index is -0.0207. The van der Waals surface area contributed by atoms with Crippen molar-refractivity contribution in [3.05, 3.63) is 34.9 Å². The molecule has 1 heterocycles. The van der Waals surface area contributed by atoms with Crippen molar-refractivity contribution in [3.63, 3.8) is 0 Å². The Morgan fingerprint density at radius 3 is 2.74 bits per heavy atom. The summed E-state index contributed by atoms with van der Waals surface area (Å²) in [5.74, 6) is 0. The van der Waals surface area contributed by atoms with E-state index in [-0.39, 0.29) is 11.6 Å². The zero-order chi connectivity index (χ0) is 13.9. The number of nitrogens with two attached hydrogens (primary N) is 1. The zero-order valence-corrected chi connectivity index (χ0v) is 12.3. The molecule has 2 atom stereocenters. The second-order valence-corrected chi connectivity index (χ2v) is 5.91. The fourth-order valence-corrected chi connectivity index (χ4v) is 2.63. The molecule has 0 saturated carbocycles. The van der Waals surface area contributed by atoms with Gasteiger partial charge in [-0.2, -0.15) is 0 Å². The topological polar surface area (TPSA) is 47.3 Å². The molecule has 1 aromatic carbocycles. The highest BCUT2D eigenvalue weighted by atomic mass is 16.5. The Balaban J connectivity index is 2.01. The van der Waals surface area contributed by atoms with Gasteiger partial charge in [0.05, 0.1) is 5.60 Å². The van der Waals surface area contributed by atoms with Crippen molar-refractivity contribution >= 4 is 0 Å². The Hall–Kier alpha value is -0.900. The molecule has 0 amide bonds. The summed E-state index contributed by atoms with van der Waals surface area (Å²) in [5.41, 5.74) is 9.81. The molecule has 1 aliphatic rings. The highest BCUT2D eigenvalue weighted by Crippen LogP contribution is 2.25. The average Bonchev–Trinajstić information content (AvgIpc) is 2.81. The van der Waals surface area contributed by atoms with Crippen molar-refractivity contribution < 1.29 is 4.74 Å². The lowest BCUT2D eigenvalue weighted by Crippen LogP contribution is -2.41. The van der Waals surface area contributed by atoms with Gasteiger partial charge in [0, 0.05) is 25.7 Å². The monoisotopic (exact) mass is 262 g/mol. The van der Waals surface area contributed by atoms with E-state index in [1.165, 1.54) is 16.7 Å². The maximum Gasteiger partial charge on any atom is 0.0779 e. The molecular formula is C16H26N2O. The van der Waals surface area contributed by atoms with Crippen LogP contribution in [0.2, 0.25) is 0 Å². The van der Waals surface area contributed by atoms with Gasteiger partial charge in [0.25, 0.3) is 0 Å². The first-order valence-electron chi connectivity index (χ1n) is 7.19. The third-order valence-electron chi connectivity index (χ3n) is 4.19. The highest BCUT2D eigenvalue weighted by molar-refractivity contribution is 5.31. The first-order chi connectivity index (χ1) is 9.04. The molecule has 2 rings (SSSR count). The number of rotatable bonds is 5. The summed E-state index contributed by atoms with van der Waals surface area (Å²) in [6, 6.07) is 6.78. The van der Waals surface area contributed by atoms with Crippen molar-refractivity contribution in [2.24, 2.45) is 5.73 Å². The third kappa shape index (κ3) is 3.56. The first kappa shape index (κ1) is 14.5. The maximum absolute atomic E-state index is 5.92. The summed E-state index contributed by atoms with van der Waals surface area (Å²) < 4.78 is 5.81. The Morgan fingerprint density at radius 2 is 2.16 bits per heavy atom. The summed E-state index contributed by atoms with van der Waals surface area (Å²) in [5, 5.41) is 3.56. The predicted molar refractivity (Wildman–Crippen MR) is 79.3 cm³/mol. The minimum absolute atomic E-state index is 0.0207. The van der Waals surface area contributed by atoms with Crippen LogP contribution >= 0.6 is 0 Å². The second kappa shape index (κ2) is 6.04. The van der Waals surface area contributed by atoms with E-state index in [1.54, 1.807) is 0 Å². The molecule has 3 heteroatoms. The summed E-state index contributed by atoms with van der Waals surface area (Å²) in [6.07, 6.45) is 2.29. The molecule has 3 N–H and O–H groups in total. The van der Waals surface area contributed by atoms with Crippen LogP contribution in [0, 0.1) is 13.8 Å². The normalized spacial score (nSPS) is 24.6. The van der Waals surface area contributed by atoms with Gasteiger partial charge in [-0.1, -0.05) is 18.2 Å². The quantitative estimate of drug-likeness (QED) is 0.857. The van der Waals surface area contributed by atoms with Gasteiger partial charge in [0.2, 0.25) is 0 Å². The Kier molecular flexibility index (Phi) is 4.61. The first-order valence-corrected chi connectivity index (χ1v) is 7.19. The van der Waals surface area contributed by atoms with Crippen LogP contribution in [0.4, 0.5) is 0 Å². The maximum atomic E-state index is 5.92. The van der Waals surface area contributed by atoms with E-state index in [2.05, 4.69) is 44.3 Å². The van der Waals surface area contributed by atoms with E-state index in [0.29, 0.717) is 6.54 Å². The molecule has 19 heavy (non-hydrogen) atoms. The third-order valence-corrected chi connectivity index (χ3v) is 4.19. The summed E-state index contributed by atoms with van der Waals surface area (Å²) in [6.45, 7) is 8.82. The molecule has 0 aromatic heterocycles. The average molecular weight is 262 g/mol. The lowest BCUT2D eigenvalue weighted by molar-refractivity contribution is 0.0189. The molecule has 2 unspecified atom stereocenters. The molecular weight excluding hydrogens is 236 g/mol. The number of benzene rings is 1. The van der Waals surface area contributed by atoms with Crippen LogP contribution in [0.1, 0.15) is 42.5 Å². The van der Waals surface area contributed by atoms with E-state index < -0.39 is 0 Å². The van der Waals surface area contributed by atoms with Crippen molar-refractivity contribution in [1.29, 1.82) is 0 Å². The van der Waals surface area contributed by atoms with Crippen LogP contribution in [0.5, 0.6) is 0 Å². The molecule has 106 valence electrons. The fraction of sp³-hybridized carbons (Fsp3) is 0.625. The standard InChI is InChI=1S/C16H26N2O/c1-12-5-6-14(9-13(12)2)15(10-17)18-11-16(3)7-4-8-19-16/h5-6,9,15,18H,4,7-8,10-11,17H2,1-3H3. The Labute approximate surface area is 116 Å². The van der Waals surface area contributed by atoms with Crippen LogP contribution in [0.3, 0.4) is 0 Å². The molecule has 0 radical (unpaired) electrons. The smallest absolute Gasteiger partial charge is 0.0779 e. The minimum Gasteiger partial charge on any atom is -0.374 e. The van der Waals surface area contributed by atoms with E-state index >= 15 is 0 Å². The van der Waals surface area contributed by atoms with Crippen molar-refractivity contribution in [3.8, 4) is 0 Å². The summed E-state index contributed by atoms with van der Waals surface area (Å²) in [7, 11) is 0. The highest BCUT2D eigenvalue weighted by Gasteiger charge is 2.30. The predicted octanol–water partition coefficient (Wildman–Crippen LogP) is 2.46. The van der Waals surface area contributed by atoms with E-state index in [0.717, 1.165) is 26.0 Å². The second-order valence-electron chi connectivity index (χ2n) is 5.91. The molecule has 1 aliphatic heterocycles. The lowest BCUT2D eigenvalue weighted by Gasteiger charge is -2.27. The number of hydrogen-bond acceptors (Lipinski definition) is 3. The summed E-state index contributed by atoms with van der Waals surface area (Å²) in [4.78, 5) is 0. The van der Waals surface area contributed by atoms with Gasteiger partial charge in [-0.15, -0.1) is 0 Å². The molecule has 0 aliphatic carbocycles. The van der Waals surface area contributed by atoms with Crippen molar-refractivity contribution in [2.45, 2.75) is 45.3 Å². The van der Waals surface area contributed by atoms with Gasteiger partial charge in [0.15, 0.2) is 0 Å². The van der Waals surface area contributed by atoms with E-state index in [1.807, 2.05) is 0 Å². The Bertz CT molecular complexity index is 425. The molecule has 1 fully saturated rings. The van der Waals surface area contributed by atoms with Gasteiger partial charge >= 0.3 is 0 Å². The van der Waals surface area contributed by atoms with Crippen molar-refractivity contribution in [2.75, 3.05) is 19.7 Å². The molecule has 0 spiro atoms. The van der Waals surface area contributed by atoms with Crippen LogP contribution in [0.15, 0.2) is 18.2 Å². The number of nitrogens with one attached hydrogen (secondary N) is 1. The fourth-order valence-electron chi connectivity index (χ4n) is 2.63. The van der Waals surface area contributed by atoms with Gasteiger partial charge in [-0.3, -0.25) is 0 Å². The largest absolute Gasteiger partial charge is 0.374 e. The van der Waals surface area contributed by atoms with Crippen LogP contribution in [-0.2, 0) is 4.74 Å². The van der Waals surface area contributed by atoms with Crippen molar-refractivity contribution in [1.82, 2.24) is 5.32 Å². The molecule has 3 nitrogen and oxygen atoms in total. The van der Waals surface area contributed by atoms with Crippen LogP contribution < -0.4 is 11.1 Å². The van der Waals surface area contributed by atoms with Gasteiger partial charge in [0.1, 0.15) is 0 Å². The van der Waals surface area contributed by atoms with Crippen LogP contribution in [-0.4, -0.2) is 25.3 Å². The lowest BCUT2D eigenvalue weighted by atomic mass is 9.99. The molecule has 0 bridgehead atoms. The Morgan fingerprint density at radius 1 is 1.37 bits per heavy atom.